The second-order valence-electron chi connectivity index (χ2n) is 9.69. The molecule has 1 aliphatic rings. The highest BCUT2D eigenvalue weighted by Crippen LogP contribution is 2.43. The number of hydrogen-bond donors (Lipinski definition) is 0. The molecule has 10 heteroatoms. The maximum Gasteiger partial charge on any atom is 0.340 e. The molecule has 0 spiro atoms. The highest BCUT2D eigenvalue weighted by Gasteiger charge is 2.39. The molecule has 0 aliphatic carbocycles. The van der Waals surface area contributed by atoms with Gasteiger partial charge in [0.05, 0.1) is 16.8 Å². The monoisotopic (exact) mass is 516 g/mol. The molecule has 35 heavy (non-hydrogen) atoms. The molecule has 186 valence electrons. The lowest BCUT2D eigenvalue weighted by Gasteiger charge is -2.35. The lowest BCUT2D eigenvalue weighted by Crippen LogP contribution is -2.33. The predicted molar refractivity (Wildman–Crippen MR) is 131 cm³/mol. The number of carbonyl (C=O) groups excluding carboxylic acids is 1. The third kappa shape index (κ3) is 4.29. The van der Waals surface area contributed by atoms with Crippen molar-refractivity contribution in [3.63, 3.8) is 0 Å². The molecule has 0 saturated heterocycles. The molecule has 4 rings (SSSR count). The zero-order chi connectivity index (χ0) is 25.9. The fourth-order valence-corrected chi connectivity index (χ4v) is 7.89. The maximum atomic E-state index is 13.7. The Morgan fingerprint density at radius 1 is 1.09 bits per heavy atom. The largest absolute Gasteiger partial charge is 0.358 e. The van der Waals surface area contributed by atoms with Crippen LogP contribution < -0.4 is 4.18 Å². The SMILES string of the molecule is Cc1ccc(S(=O)(=O)Oc2c(C(=O)c3cc(C)c4c(c3C)C(C)(C)CCS4(=O)=O)cnn2C)cc1. The van der Waals surface area contributed by atoms with Crippen molar-refractivity contribution in [1.29, 1.82) is 0 Å². The summed E-state index contributed by atoms with van der Waals surface area (Å²) in [4.78, 5) is 13.9. The number of fused-ring (bicyclic) bond motifs is 1. The van der Waals surface area contributed by atoms with E-state index in [1.807, 2.05) is 20.8 Å². The molecule has 1 aromatic heterocycles. The summed E-state index contributed by atoms with van der Waals surface area (Å²) < 4.78 is 58.1. The second kappa shape index (κ2) is 8.30. The van der Waals surface area contributed by atoms with Crippen LogP contribution in [0.25, 0.3) is 0 Å². The summed E-state index contributed by atoms with van der Waals surface area (Å²) in [7, 11) is -6.20. The van der Waals surface area contributed by atoms with Crippen molar-refractivity contribution in [3.05, 3.63) is 69.9 Å². The lowest BCUT2D eigenvalue weighted by molar-refractivity contribution is 0.103. The van der Waals surface area contributed by atoms with Gasteiger partial charge >= 0.3 is 10.1 Å². The Hall–Kier alpha value is -2.98. The molecule has 8 nitrogen and oxygen atoms in total. The van der Waals surface area contributed by atoms with Gasteiger partial charge < -0.3 is 4.18 Å². The Bertz CT molecular complexity index is 1560. The second-order valence-corrected chi connectivity index (χ2v) is 13.3. The van der Waals surface area contributed by atoms with Gasteiger partial charge in [-0.15, -0.1) is 0 Å². The maximum absolute atomic E-state index is 13.7. The third-order valence-corrected chi connectivity index (χ3v) is 9.70. The first kappa shape index (κ1) is 25.1. The summed E-state index contributed by atoms with van der Waals surface area (Å²) in [5.74, 6) is -0.649. The minimum Gasteiger partial charge on any atom is -0.358 e. The van der Waals surface area contributed by atoms with E-state index in [1.54, 1.807) is 32.0 Å². The minimum absolute atomic E-state index is 0.0258. The summed E-state index contributed by atoms with van der Waals surface area (Å²) >= 11 is 0. The van der Waals surface area contributed by atoms with Gasteiger partial charge in [-0.25, -0.2) is 13.1 Å². The number of benzene rings is 2. The molecule has 0 fully saturated rings. The van der Waals surface area contributed by atoms with Gasteiger partial charge in [0.25, 0.3) is 0 Å². The van der Waals surface area contributed by atoms with Crippen LogP contribution in [0.3, 0.4) is 0 Å². The van der Waals surface area contributed by atoms with E-state index in [0.29, 0.717) is 23.1 Å². The average Bonchev–Trinajstić information content (AvgIpc) is 3.12. The van der Waals surface area contributed by atoms with Crippen LogP contribution in [0.5, 0.6) is 5.88 Å². The summed E-state index contributed by atoms with van der Waals surface area (Å²) in [5.41, 5.74) is 2.38. The number of sulfone groups is 1. The normalized spacial score (nSPS) is 16.5. The smallest absolute Gasteiger partial charge is 0.340 e. The van der Waals surface area contributed by atoms with Crippen LogP contribution >= 0.6 is 0 Å². The number of aryl methyl sites for hydroxylation is 3. The van der Waals surface area contributed by atoms with Crippen molar-refractivity contribution in [1.82, 2.24) is 9.78 Å². The Kier molecular flexibility index (Phi) is 5.96. The number of hydrogen-bond acceptors (Lipinski definition) is 7. The zero-order valence-electron chi connectivity index (χ0n) is 20.5. The first-order valence-electron chi connectivity index (χ1n) is 11.1. The molecule has 2 heterocycles. The van der Waals surface area contributed by atoms with Crippen molar-refractivity contribution in [3.8, 4) is 5.88 Å². The number of aromatic nitrogens is 2. The van der Waals surface area contributed by atoms with Crippen LogP contribution in [0, 0.1) is 20.8 Å². The van der Waals surface area contributed by atoms with Gasteiger partial charge in [-0.3, -0.25) is 4.79 Å². The molecule has 0 unspecified atom stereocenters. The van der Waals surface area contributed by atoms with Crippen molar-refractivity contribution < 1.29 is 25.8 Å². The van der Waals surface area contributed by atoms with Gasteiger partial charge in [-0.05, 0) is 67.5 Å². The average molecular weight is 517 g/mol. The highest BCUT2D eigenvalue weighted by molar-refractivity contribution is 7.91. The summed E-state index contributed by atoms with van der Waals surface area (Å²) in [6.45, 7) is 9.18. The Morgan fingerprint density at radius 3 is 2.34 bits per heavy atom. The topological polar surface area (TPSA) is 112 Å². The summed E-state index contributed by atoms with van der Waals surface area (Å²) in [5, 5.41) is 4.06. The zero-order valence-corrected chi connectivity index (χ0v) is 22.2. The van der Waals surface area contributed by atoms with Crippen molar-refractivity contribution in [2.75, 3.05) is 5.75 Å². The Morgan fingerprint density at radius 2 is 1.71 bits per heavy atom. The van der Waals surface area contributed by atoms with Crippen molar-refractivity contribution in [2.45, 2.75) is 56.2 Å². The molecular weight excluding hydrogens is 488 g/mol. The van der Waals surface area contributed by atoms with Crippen LogP contribution in [0.15, 0.2) is 46.3 Å². The lowest BCUT2D eigenvalue weighted by atomic mass is 9.77. The molecule has 1 aliphatic heterocycles. The molecule has 0 atom stereocenters. The Balaban J connectivity index is 1.83. The molecule has 0 N–H and O–H groups in total. The van der Waals surface area contributed by atoms with E-state index in [0.717, 1.165) is 5.56 Å². The summed E-state index contributed by atoms with van der Waals surface area (Å²) in [6, 6.07) is 7.73. The van der Waals surface area contributed by atoms with Crippen LogP contribution in [-0.4, -0.2) is 38.2 Å². The highest BCUT2D eigenvalue weighted by atomic mass is 32.2. The Labute approximate surface area is 206 Å². The summed E-state index contributed by atoms with van der Waals surface area (Å²) in [6.07, 6.45) is 1.70. The molecule has 0 amide bonds. The van der Waals surface area contributed by atoms with Crippen LogP contribution in [-0.2, 0) is 32.4 Å². The van der Waals surface area contributed by atoms with Crippen LogP contribution in [0.4, 0.5) is 0 Å². The van der Waals surface area contributed by atoms with Gasteiger partial charge in [-0.2, -0.15) is 13.5 Å². The first-order chi connectivity index (χ1) is 16.2. The number of rotatable bonds is 5. The van der Waals surface area contributed by atoms with Crippen LogP contribution in [0.1, 0.15) is 58.4 Å². The number of carbonyl (C=O) groups is 1. The van der Waals surface area contributed by atoms with E-state index in [1.165, 1.54) is 30.1 Å². The van der Waals surface area contributed by atoms with E-state index in [2.05, 4.69) is 5.10 Å². The number of ketones is 1. The van der Waals surface area contributed by atoms with E-state index in [4.69, 9.17) is 4.18 Å². The third-order valence-electron chi connectivity index (χ3n) is 6.58. The van der Waals surface area contributed by atoms with Gasteiger partial charge in [0.15, 0.2) is 15.6 Å². The standard InChI is InChI=1S/C25H28N2O6S2/c1-15-7-9-18(10-8-15)35(31,32)33-24-20(14-26-27(24)6)22(28)19-13-16(2)23-21(17(19)3)25(4,5)11-12-34(23,29)30/h7-10,13-14H,11-12H2,1-6H3. The quantitative estimate of drug-likeness (QED) is 0.374. The molecule has 3 aromatic rings. The molecule has 0 bridgehead atoms. The van der Waals surface area contributed by atoms with E-state index < -0.39 is 31.2 Å². The van der Waals surface area contributed by atoms with Gasteiger partial charge in [0.2, 0.25) is 5.88 Å². The molecule has 0 radical (unpaired) electrons. The van der Waals surface area contributed by atoms with Gasteiger partial charge in [-0.1, -0.05) is 31.5 Å². The minimum atomic E-state index is -4.22. The fraction of sp³-hybridized carbons (Fsp3) is 0.360. The van der Waals surface area contributed by atoms with E-state index >= 15 is 0 Å². The van der Waals surface area contributed by atoms with E-state index in [9.17, 15) is 21.6 Å². The van der Waals surface area contributed by atoms with Gasteiger partial charge in [0, 0.05) is 12.6 Å². The fourth-order valence-electron chi connectivity index (χ4n) is 4.64. The molecule has 2 aromatic carbocycles. The number of nitrogens with zero attached hydrogens (tertiary/aromatic N) is 2. The van der Waals surface area contributed by atoms with Crippen molar-refractivity contribution in [2.24, 2.45) is 7.05 Å². The van der Waals surface area contributed by atoms with Gasteiger partial charge in [0.1, 0.15) is 10.5 Å². The first-order valence-corrected chi connectivity index (χ1v) is 14.2. The van der Waals surface area contributed by atoms with E-state index in [-0.39, 0.29) is 32.6 Å². The van der Waals surface area contributed by atoms with Crippen LogP contribution in [0.2, 0.25) is 0 Å². The predicted octanol–water partition coefficient (Wildman–Crippen LogP) is 3.80. The molecular formula is C25H28N2O6S2. The van der Waals surface area contributed by atoms with Crippen molar-refractivity contribution >= 4 is 25.7 Å². The molecule has 0 saturated carbocycles.